The predicted molar refractivity (Wildman–Crippen MR) is 99.1 cm³/mol. The van der Waals surface area contributed by atoms with Crippen LogP contribution in [0.2, 0.25) is 0 Å². The first kappa shape index (κ1) is 17.8. The fourth-order valence-corrected chi connectivity index (χ4v) is 5.18. The van der Waals surface area contributed by atoms with Crippen LogP contribution in [0.1, 0.15) is 69.9 Å². The highest BCUT2D eigenvalue weighted by Crippen LogP contribution is 2.48. The van der Waals surface area contributed by atoms with E-state index < -0.39 is 0 Å². The quantitative estimate of drug-likeness (QED) is 0.683. The minimum Gasteiger partial charge on any atom is -0.508 e. The van der Waals surface area contributed by atoms with E-state index in [0.29, 0.717) is 23.5 Å². The van der Waals surface area contributed by atoms with Gasteiger partial charge in [0.05, 0.1) is 6.10 Å². The largest absolute Gasteiger partial charge is 0.508 e. The highest BCUT2D eigenvalue weighted by atomic mass is 16.3. The monoisotopic (exact) mass is 330 g/mol. The van der Waals surface area contributed by atoms with Gasteiger partial charge < -0.3 is 10.2 Å². The van der Waals surface area contributed by atoms with Gasteiger partial charge in [-0.3, -0.25) is 0 Å². The normalized spacial score (nSPS) is 30.0. The number of rotatable bonds is 7. The Balaban J connectivity index is 1.59. The van der Waals surface area contributed by atoms with Crippen molar-refractivity contribution in [3.8, 4) is 5.75 Å². The van der Waals surface area contributed by atoms with Crippen LogP contribution in [0.5, 0.6) is 5.75 Å². The van der Waals surface area contributed by atoms with Crippen molar-refractivity contribution in [1.29, 1.82) is 0 Å². The van der Waals surface area contributed by atoms with Crippen LogP contribution in [-0.2, 0) is 12.8 Å². The Bertz CT molecular complexity index is 539. The summed E-state index contributed by atoms with van der Waals surface area (Å²) >= 11 is 0. The van der Waals surface area contributed by atoms with Crippen molar-refractivity contribution >= 4 is 0 Å². The van der Waals surface area contributed by atoms with Gasteiger partial charge in [-0.25, -0.2) is 0 Å². The topological polar surface area (TPSA) is 40.5 Å². The summed E-state index contributed by atoms with van der Waals surface area (Å²) in [6.45, 7) is 4.64. The highest BCUT2D eigenvalue weighted by molar-refractivity contribution is 5.42. The van der Waals surface area contributed by atoms with Crippen molar-refractivity contribution in [2.45, 2.75) is 77.7 Å². The Morgan fingerprint density at radius 3 is 2.79 bits per heavy atom. The molecule has 1 fully saturated rings. The van der Waals surface area contributed by atoms with Crippen LogP contribution in [0.25, 0.3) is 0 Å². The Labute approximate surface area is 147 Å². The number of fused-ring (bicyclic) bond motifs is 2. The van der Waals surface area contributed by atoms with Gasteiger partial charge in [0.2, 0.25) is 0 Å². The third-order valence-electron chi connectivity index (χ3n) is 6.66. The number of phenolic OH excluding ortho intramolecular Hbond substituents is 1. The first-order valence-electron chi connectivity index (χ1n) is 10.1. The molecule has 2 nitrogen and oxygen atoms in total. The molecule has 1 aromatic rings. The number of unbranched alkanes of at least 4 members (excludes halogenated alkanes) is 2. The standard InChI is InChI=1S/C22H34O2/c1-3-4-5-7-15(2)10-11-18-19-12-16-8-6-9-21(23)20(16)13-17(19)14-22(18)24/h6,8-9,15,17-19,22-24H,3-5,7,10-14H2,1-2H3/t15-,17-,18+,19-,22+/m0/s1. The number of hydrogen-bond acceptors (Lipinski definition) is 2. The maximum Gasteiger partial charge on any atom is 0.119 e. The molecule has 24 heavy (non-hydrogen) atoms. The molecular formula is C22H34O2. The van der Waals surface area contributed by atoms with E-state index in [1.165, 1.54) is 44.1 Å². The number of aromatic hydroxyl groups is 1. The van der Waals surface area contributed by atoms with E-state index in [-0.39, 0.29) is 6.10 Å². The minimum atomic E-state index is -0.140. The third-order valence-corrected chi connectivity index (χ3v) is 6.66. The zero-order valence-electron chi connectivity index (χ0n) is 15.4. The predicted octanol–water partition coefficient (Wildman–Crippen LogP) is 5.10. The van der Waals surface area contributed by atoms with Crippen LogP contribution < -0.4 is 0 Å². The molecule has 0 amide bonds. The lowest BCUT2D eigenvalue weighted by molar-refractivity contribution is 0.106. The first-order chi connectivity index (χ1) is 11.6. The van der Waals surface area contributed by atoms with Gasteiger partial charge in [-0.2, -0.15) is 0 Å². The maximum atomic E-state index is 10.6. The molecule has 0 aromatic heterocycles. The number of hydrogen-bond donors (Lipinski definition) is 2. The molecule has 2 aliphatic carbocycles. The summed E-state index contributed by atoms with van der Waals surface area (Å²) in [5.74, 6) is 2.86. The van der Waals surface area contributed by atoms with E-state index >= 15 is 0 Å². The van der Waals surface area contributed by atoms with Crippen LogP contribution in [0.15, 0.2) is 18.2 Å². The molecule has 0 bridgehead atoms. The summed E-state index contributed by atoms with van der Waals surface area (Å²) in [6.07, 6.45) is 10.5. The lowest BCUT2D eigenvalue weighted by Gasteiger charge is -2.32. The summed E-state index contributed by atoms with van der Waals surface area (Å²) < 4.78 is 0. The highest BCUT2D eigenvalue weighted by Gasteiger charge is 2.44. The van der Waals surface area contributed by atoms with E-state index in [1.54, 1.807) is 6.07 Å². The maximum absolute atomic E-state index is 10.6. The molecule has 1 aromatic carbocycles. The van der Waals surface area contributed by atoms with Crippen molar-refractivity contribution in [2.75, 3.05) is 0 Å². The van der Waals surface area contributed by atoms with E-state index in [9.17, 15) is 10.2 Å². The summed E-state index contributed by atoms with van der Waals surface area (Å²) in [5.41, 5.74) is 2.45. The lowest BCUT2D eigenvalue weighted by atomic mass is 9.73. The van der Waals surface area contributed by atoms with E-state index in [4.69, 9.17) is 0 Å². The zero-order valence-corrected chi connectivity index (χ0v) is 15.4. The Hall–Kier alpha value is -1.02. The lowest BCUT2D eigenvalue weighted by Crippen LogP contribution is -2.27. The zero-order chi connectivity index (χ0) is 17.1. The Morgan fingerprint density at radius 2 is 2.00 bits per heavy atom. The van der Waals surface area contributed by atoms with Crippen LogP contribution >= 0.6 is 0 Å². The van der Waals surface area contributed by atoms with Crippen LogP contribution in [0.4, 0.5) is 0 Å². The molecule has 1 saturated carbocycles. The molecule has 0 spiro atoms. The second-order valence-corrected chi connectivity index (χ2v) is 8.39. The Morgan fingerprint density at radius 1 is 1.17 bits per heavy atom. The van der Waals surface area contributed by atoms with Gasteiger partial charge in [-0.05, 0) is 66.5 Å². The summed E-state index contributed by atoms with van der Waals surface area (Å²) in [5, 5.41) is 20.8. The van der Waals surface area contributed by atoms with Crippen LogP contribution in [-0.4, -0.2) is 16.3 Å². The second-order valence-electron chi connectivity index (χ2n) is 8.39. The molecule has 3 rings (SSSR count). The molecule has 0 radical (unpaired) electrons. The van der Waals surface area contributed by atoms with Crippen molar-refractivity contribution in [2.24, 2.45) is 23.7 Å². The van der Waals surface area contributed by atoms with Gasteiger partial charge in [0, 0.05) is 0 Å². The van der Waals surface area contributed by atoms with Crippen molar-refractivity contribution in [3.63, 3.8) is 0 Å². The smallest absolute Gasteiger partial charge is 0.119 e. The van der Waals surface area contributed by atoms with Crippen molar-refractivity contribution in [1.82, 2.24) is 0 Å². The van der Waals surface area contributed by atoms with E-state index in [0.717, 1.165) is 30.7 Å². The molecule has 0 unspecified atom stereocenters. The first-order valence-corrected chi connectivity index (χ1v) is 10.1. The van der Waals surface area contributed by atoms with Crippen molar-refractivity contribution in [3.05, 3.63) is 29.3 Å². The van der Waals surface area contributed by atoms with Gasteiger partial charge in [-0.1, -0.05) is 58.1 Å². The van der Waals surface area contributed by atoms with Gasteiger partial charge in [0.1, 0.15) is 5.75 Å². The number of aliphatic hydroxyl groups excluding tert-OH is 1. The van der Waals surface area contributed by atoms with Crippen molar-refractivity contribution < 1.29 is 10.2 Å². The minimum absolute atomic E-state index is 0.140. The molecular weight excluding hydrogens is 296 g/mol. The number of benzene rings is 1. The van der Waals surface area contributed by atoms with Gasteiger partial charge >= 0.3 is 0 Å². The van der Waals surface area contributed by atoms with E-state index in [2.05, 4.69) is 19.9 Å². The third kappa shape index (κ3) is 3.79. The average Bonchev–Trinajstić information content (AvgIpc) is 2.86. The SMILES string of the molecule is CCCCC[C@H](C)CC[C@@H]1[C@H]2Cc3cccc(O)c3C[C@H]2C[C@H]1O. The van der Waals surface area contributed by atoms with Gasteiger partial charge in [0.15, 0.2) is 0 Å². The molecule has 0 aliphatic heterocycles. The van der Waals surface area contributed by atoms with Gasteiger partial charge in [0.25, 0.3) is 0 Å². The van der Waals surface area contributed by atoms with Gasteiger partial charge in [-0.15, -0.1) is 0 Å². The summed E-state index contributed by atoms with van der Waals surface area (Å²) in [6, 6.07) is 5.94. The molecule has 2 aliphatic rings. The molecule has 5 atom stereocenters. The average molecular weight is 331 g/mol. The molecule has 0 saturated heterocycles. The summed E-state index contributed by atoms with van der Waals surface area (Å²) in [4.78, 5) is 0. The fourth-order valence-electron chi connectivity index (χ4n) is 5.18. The summed E-state index contributed by atoms with van der Waals surface area (Å²) in [7, 11) is 0. The van der Waals surface area contributed by atoms with Crippen LogP contribution in [0, 0.1) is 23.7 Å². The number of phenols is 1. The Kier molecular flexibility index (Phi) is 5.86. The molecule has 134 valence electrons. The number of aliphatic hydroxyl groups is 1. The molecule has 0 heterocycles. The van der Waals surface area contributed by atoms with Crippen LogP contribution in [0.3, 0.4) is 0 Å². The van der Waals surface area contributed by atoms with E-state index in [1.807, 2.05) is 6.07 Å². The molecule has 2 N–H and O–H groups in total. The molecule has 2 heteroatoms. The fraction of sp³-hybridized carbons (Fsp3) is 0.727. The second kappa shape index (κ2) is 7.91.